The van der Waals surface area contributed by atoms with Crippen molar-refractivity contribution in [3.63, 3.8) is 0 Å². The first-order valence-electron chi connectivity index (χ1n) is 4.30. The second-order valence-corrected chi connectivity index (χ2v) is 3.08. The summed E-state index contributed by atoms with van der Waals surface area (Å²) in [5.41, 5.74) is 0. The summed E-state index contributed by atoms with van der Waals surface area (Å²) in [4.78, 5) is 10.8. The van der Waals surface area contributed by atoms with Crippen molar-refractivity contribution in [1.82, 2.24) is 0 Å². The molecule has 0 radical (unpaired) electrons. The summed E-state index contributed by atoms with van der Waals surface area (Å²) in [6.45, 7) is 6.02. The van der Waals surface area contributed by atoms with Crippen LogP contribution < -0.4 is 0 Å². The molecule has 0 fully saturated rings. The van der Waals surface area contributed by atoms with Crippen molar-refractivity contribution in [2.45, 2.75) is 26.2 Å². The van der Waals surface area contributed by atoms with Crippen LogP contribution in [0, 0.1) is 5.92 Å². The summed E-state index contributed by atoms with van der Waals surface area (Å²) >= 11 is 0. The van der Waals surface area contributed by atoms with Gasteiger partial charge in [0.2, 0.25) is 0 Å². The van der Waals surface area contributed by atoms with E-state index in [1.165, 1.54) is 0 Å². The van der Waals surface area contributed by atoms with Gasteiger partial charge in [-0.2, -0.15) is 0 Å². The Morgan fingerprint density at radius 1 is 1.67 bits per heavy atom. The van der Waals surface area contributed by atoms with E-state index in [0.717, 1.165) is 19.4 Å². The molecule has 0 aliphatic heterocycles. The molecule has 0 aromatic heterocycles. The summed E-state index contributed by atoms with van der Waals surface area (Å²) in [7, 11) is 1.68. The zero-order chi connectivity index (χ0) is 9.40. The van der Waals surface area contributed by atoms with E-state index >= 15 is 0 Å². The van der Waals surface area contributed by atoms with Gasteiger partial charge in [-0.3, -0.25) is 0 Å². The van der Waals surface area contributed by atoms with Gasteiger partial charge in [-0.05, 0) is 25.7 Å². The van der Waals surface area contributed by atoms with Gasteiger partial charge in [0.15, 0.2) is 0 Å². The molecule has 0 rings (SSSR count). The topological polar surface area (TPSA) is 26.3 Å². The second kappa shape index (κ2) is 7.04. The molecule has 0 saturated carbocycles. The lowest BCUT2D eigenvalue weighted by molar-refractivity contribution is -0.118. The van der Waals surface area contributed by atoms with E-state index in [4.69, 9.17) is 4.74 Å². The maximum atomic E-state index is 10.8. The first-order valence-corrected chi connectivity index (χ1v) is 4.30. The van der Waals surface area contributed by atoms with Gasteiger partial charge in [-0.25, -0.2) is 0 Å². The van der Waals surface area contributed by atoms with Gasteiger partial charge in [0.1, 0.15) is 5.78 Å². The van der Waals surface area contributed by atoms with E-state index in [1.54, 1.807) is 14.0 Å². The van der Waals surface area contributed by atoms with Gasteiger partial charge in [-0.1, -0.05) is 6.08 Å². The fourth-order valence-corrected chi connectivity index (χ4v) is 1.23. The summed E-state index contributed by atoms with van der Waals surface area (Å²) in [5, 5.41) is 0. The van der Waals surface area contributed by atoms with Crippen molar-refractivity contribution in [2.75, 3.05) is 13.7 Å². The van der Waals surface area contributed by atoms with Crippen molar-refractivity contribution in [3.05, 3.63) is 12.7 Å². The van der Waals surface area contributed by atoms with Crippen LogP contribution >= 0.6 is 0 Å². The van der Waals surface area contributed by atoms with Crippen molar-refractivity contribution < 1.29 is 9.53 Å². The number of methoxy groups -OCH3 is 1. The molecule has 0 spiro atoms. The minimum Gasteiger partial charge on any atom is -0.385 e. The van der Waals surface area contributed by atoms with Gasteiger partial charge in [0.05, 0.1) is 0 Å². The van der Waals surface area contributed by atoms with Crippen LogP contribution in [-0.4, -0.2) is 19.5 Å². The molecule has 0 aromatic rings. The Bertz CT molecular complexity index is 141. The lowest BCUT2D eigenvalue weighted by Crippen LogP contribution is -2.07. The zero-order valence-corrected chi connectivity index (χ0v) is 8.01. The molecule has 0 N–H and O–H groups in total. The Kier molecular flexibility index (Phi) is 6.67. The predicted octanol–water partition coefficient (Wildman–Crippen LogP) is 2.19. The minimum atomic E-state index is 0.248. The highest BCUT2D eigenvalue weighted by atomic mass is 16.5. The average Bonchev–Trinajstić information content (AvgIpc) is 2.00. The number of hydrogen-bond acceptors (Lipinski definition) is 2. The number of ketones is 1. The largest absolute Gasteiger partial charge is 0.385 e. The van der Waals surface area contributed by atoms with Crippen LogP contribution in [0.25, 0.3) is 0 Å². The van der Waals surface area contributed by atoms with Crippen LogP contribution in [-0.2, 0) is 9.53 Å². The number of hydrogen-bond donors (Lipinski definition) is 0. The zero-order valence-electron chi connectivity index (χ0n) is 8.01. The van der Waals surface area contributed by atoms with E-state index in [-0.39, 0.29) is 5.78 Å². The quantitative estimate of drug-likeness (QED) is 0.547. The molecule has 0 amide bonds. The lowest BCUT2D eigenvalue weighted by atomic mass is 9.96. The molecule has 0 heterocycles. The van der Waals surface area contributed by atoms with Gasteiger partial charge in [-0.15, -0.1) is 6.58 Å². The standard InChI is InChI=1S/C10H18O2/c1-4-5-10(6-7-12-3)8-9(2)11/h4,10H,1,5-8H2,2-3H3. The molecule has 70 valence electrons. The monoisotopic (exact) mass is 170 g/mol. The first kappa shape index (κ1) is 11.4. The smallest absolute Gasteiger partial charge is 0.130 e. The SMILES string of the molecule is C=CCC(CCOC)CC(C)=O. The molecule has 0 saturated heterocycles. The summed E-state index contributed by atoms with van der Waals surface area (Å²) in [5.74, 6) is 0.665. The Balaban J connectivity index is 3.68. The fourth-order valence-electron chi connectivity index (χ4n) is 1.23. The minimum absolute atomic E-state index is 0.248. The van der Waals surface area contributed by atoms with Crippen molar-refractivity contribution in [1.29, 1.82) is 0 Å². The number of Topliss-reactive ketones (excluding diaryl/α,β-unsaturated/α-hetero) is 1. The Hall–Kier alpha value is -0.630. The van der Waals surface area contributed by atoms with Crippen LogP contribution in [0.1, 0.15) is 26.2 Å². The van der Waals surface area contributed by atoms with Crippen LogP contribution in [0.15, 0.2) is 12.7 Å². The lowest BCUT2D eigenvalue weighted by Gasteiger charge is -2.11. The van der Waals surface area contributed by atoms with E-state index < -0.39 is 0 Å². The number of carbonyl (C=O) groups is 1. The molecule has 2 nitrogen and oxygen atoms in total. The molecule has 0 bridgehead atoms. The van der Waals surface area contributed by atoms with Crippen molar-refractivity contribution >= 4 is 5.78 Å². The van der Waals surface area contributed by atoms with E-state index in [2.05, 4.69) is 6.58 Å². The third-order valence-electron chi connectivity index (χ3n) is 1.81. The molecule has 0 aromatic carbocycles. The third-order valence-corrected chi connectivity index (χ3v) is 1.81. The van der Waals surface area contributed by atoms with Crippen molar-refractivity contribution in [2.24, 2.45) is 5.92 Å². The summed E-state index contributed by atoms with van der Waals surface area (Å²) in [6.07, 6.45) is 4.36. The fraction of sp³-hybridized carbons (Fsp3) is 0.700. The highest BCUT2D eigenvalue weighted by Gasteiger charge is 2.08. The molecule has 1 unspecified atom stereocenters. The van der Waals surface area contributed by atoms with Gasteiger partial charge in [0.25, 0.3) is 0 Å². The normalized spacial score (nSPS) is 12.5. The van der Waals surface area contributed by atoms with Crippen LogP contribution in [0.4, 0.5) is 0 Å². The number of carbonyl (C=O) groups excluding carboxylic acids is 1. The molecule has 12 heavy (non-hydrogen) atoms. The van der Waals surface area contributed by atoms with Crippen molar-refractivity contribution in [3.8, 4) is 0 Å². The third kappa shape index (κ3) is 6.10. The number of allylic oxidation sites excluding steroid dienone is 1. The van der Waals surface area contributed by atoms with Gasteiger partial charge < -0.3 is 9.53 Å². The second-order valence-electron chi connectivity index (χ2n) is 3.08. The summed E-state index contributed by atoms with van der Waals surface area (Å²) in [6, 6.07) is 0. The number of ether oxygens (including phenoxy) is 1. The van der Waals surface area contributed by atoms with E-state index in [9.17, 15) is 4.79 Å². The highest BCUT2D eigenvalue weighted by molar-refractivity contribution is 5.75. The van der Waals surface area contributed by atoms with E-state index in [0.29, 0.717) is 12.3 Å². The Labute approximate surface area is 74.6 Å². The molecule has 0 aliphatic rings. The molecule has 1 atom stereocenters. The van der Waals surface area contributed by atoms with Crippen LogP contribution in [0.3, 0.4) is 0 Å². The molecule has 0 aliphatic carbocycles. The Morgan fingerprint density at radius 3 is 2.75 bits per heavy atom. The summed E-state index contributed by atoms with van der Waals surface area (Å²) < 4.78 is 4.95. The van der Waals surface area contributed by atoms with Gasteiger partial charge >= 0.3 is 0 Å². The molecular formula is C10H18O2. The van der Waals surface area contributed by atoms with E-state index in [1.807, 2.05) is 6.08 Å². The Morgan fingerprint density at radius 2 is 2.33 bits per heavy atom. The predicted molar refractivity (Wildman–Crippen MR) is 50.1 cm³/mol. The maximum Gasteiger partial charge on any atom is 0.130 e. The van der Waals surface area contributed by atoms with Crippen LogP contribution in [0.2, 0.25) is 0 Å². The first-order chi connectivity index (χ1) is 5.70. The maximum absolute atomic E-state index is 10.8. The van der Waals surface area contributed by atoms with Gasteiger partial charge in [0, 0.05) is 20.1 Å². The highest BCUT2D eigenvalue weighted by Crippen LogP contribution is 2.14. The molecule has 2 heteroatoms. The van der Waals surface area contributed by atoms with Crippen LogP contribution in [0.5, 0.6) is 0 Å². The molecular weight excluding hydrogens is 152 g/mol. The average molecular weight is 170 g/mol. The number of rotatable bonds is 7.